The van der Waals surface area contributed by atoms with Gasteiger partial charge < -0.3 is 15.4 Å². The maximum atomic E-state index is 12.1. The van der Waals surface area contributed by atoms with E-state index >= 15 is 0 Å². The number of aryl methyl sites for hydroxylation is 1. The summed E-state index contributed by atoms with van der Waals surface area (Å²) in [6, 6.07) is 13.7. The van der Waals surface area contributed by atoms with Crippen LogP contribution in [0.4, 0.5) is 5.69 Å². The van der Waals surface area contributed by atoms with Gasteiger partial charge in [0.1, 0.15) is 0 Å². The molecular weight excluding hydrogens is 368 g/mol. The van der Waals surface area contributed by atoms with Crippen molar-refractivity contribution in [2.24, 2.45) is 0 Å². The fourth-order valence-electron chi connectivity index (χ4n) is 2.47. The van der Waals surface area contributed by atoms with Gasteiger partial charge in [0.2, 0.25) is 5.91 Å². The van der Waals surface area contributed by atoms with Gasteiger partial charge in [0, 0.05) is 17.6 Å². The summed E-state index contributed by atoms with van der Waals surface area (Å²) in [6.07, 6.45) is -0.0763. The first-order valence-corrected chi connectivity index (χ1v) is 8.76. The second-order valence-corrected chi connectivity index (χ2v) is 6.47. The molecule has 0 spiro atoms. The van der Waals surface area contributed by atoms with Crippen LogP contribution in [0.5, 0.6) is 0 Å². The van der Waals surface area contributed by atoms with E-state index in [0.717, 1.165) is 11.1 Å². The quantitative estimate of drug-likeness (QED) is 0.712. The third kappa shape index (κ3) is 6.75. The zero-order valence-corrected chi connectivity index (χ0v) is 15.9. The van der Waals surface area contributed by atoms with Crippen molar-refractivity contribution < 1.29 is 19.1 Å². The molecule has 2 N–H and O–H groups in total. The largest absolute Gasteiger partial charge is 0.455 e. The summed E-state index contributed by atoms with van der Waals surface area (Å²) in [5.41, 5.74) is 2.18. The lowest BCUT2D eigenvalue weighted by Crippen LogP contribution is -2.29. The zero-order valence-electron chi connectivity index (χ0n) is 15.1. The number of carbonyl (C=O) groups is 3. The number of ether oxygens (including phenoxy) is 1. The number of hydrogen-bond acceptors (Lipinski definition) is 4. The van der Waals surface area contributed by atoms with Gasteiger partial charge in [-0.3, -0.25) is 14.4 Å². The van der Waals surface area contributed by atoms with Crippen LogP contribution in [-0.2, 0) is 19.1 Å². The Labute approximate surface area is 162 Å². The van der Waals surface area contributed by atoms with Crippen LogP contribution in [0.3, 0.4) is 0 Å². The van der Waals surface area contributed by atoms with E-state index in [1.165, 1.54) is 6.92 Å². The molecule has 2 amide bonds. The Bertz CT molecular complexity index is 824. The number of amides is 2. The third-order valence-electron chi connectivity index (χ3n) is 3.79. The van der Waals surface area contributed by atoms with E-state index < -0.39 is 24.5 Å². The molecule has 2 rings (SSSR count). The standard InChI is InChI=1S/C20H21ClN2O4/c1-13-8-9-16(21)10-17(13)23-19(25)12-27-20(26)11-18(22-14(2)24)15-6-4-3-5-7-15/h3-10,18H,11-12H2,1-2H3,(H,22,24)(H,23,25)/t18-/m1/s1. The van der Waals surface area contributed by atoms with E-state index in [4.69, 9.17) is 16.3 Å². The second kappa shape index (κ2) is 9.73. The van der Waals surface area contributed by atoms with Gasteiger partial charge in [0.15, 0.2) is 6.61 Å². The fourth-order valence-corrected chi connectivity index (χ4v) is 2.64. The van der Waals surface area contributed by atoms with Crippen LogP contribution < -0.4 is 10.6 Å². The number of rotatable bonds is 7. The highest BCUT2D eigenvalue weighted by atomic mass is 35.5. The first kappa shape index (κ1) is 20.5. The molecule has 0 saturated heterocycles. The molecule has 2 aromatic carbocycles. The Morgan fingerprint density at radius 1 is 1.11 bits per heavy atom. The molecule has 142 valence electrons. The maximum Gasteiger partial charge on any atom is 0.308 e. The van der Waals surface area contributed by atoms with Crippen molar-refractivity contribution in [3.8, 4) is 0 Å². The second-order valence-electron chi connectivity index (χ2n) is 6.04. The van der Waals surface area contributed by atoms with Crippen LogP contribution in [0.15, 0.2) is 48.5 Å². The zero-order chi connectivity index (χ0) is 19.8. The van der Waals surface area contributed by atoms with Crippen molar-refractivity contribution in [3.63, 3.8) is 0 Å². The average molecular weight is 389 g/mol. The molecule has 0 saturated carbocycles. The van der Waals surface area contributed by atoms with Crippen molar-refractivity contribution in [2.45, 2.75) is 26.3 Å². The number of anilines is 1. The smallest absolute Gasteiger partial charge is 0.308 e. The summed E-state index contributed by atoms with van der Waals surface area (Å²) in [7, 11) is 0. The Hall–Kier alpha value is -2.86. The highest BCUT2D eigenvalue weighted by molar-refractivity contribution is 6.31. The fraction of sp³-hybridized carbons (Fsp3) is 0.250. The monoisotopic (exact) mass is 388 g/mol. The van der Waals surface area contributed by atoms with Gasteiger partial charge in [0.25, 0.3) is 5.91 Å². The molecule has 1 atom stereocenters. The van der Waals surface area contributed by atoms with E-state index in [9.17, 15) is 14.4 Å². The molecule has 7 heteroatoms. The van der Waals surface area contributed by atoms with Crippen molar-refractivity contribution >= 4 is 35.1 Å². The summed E-state index contributed by atoms with van der Waals surface area (Å²) in [5.74, 6) is -1.31. The van der Waals surface area contributed by atoms with E-state index in [1.54, 1.807) is 18.2 Å². The minimum absolute atomic E-state index is 0.0763. The molecule has 27 heavy (non-hydrogen) atoms. The van der Waals surface area contributed by atoms with Gasteiger partial charge in [-0.25, -0.2) is 0 Å². The van der Waals surface area contributed by atoms with Gasteiger partial charge in [-0.2, -0.15) is 0 Å². The maximum absolute atomic E-state index is 12.1. The van der Waals surface area contributed by atoms with E-state index in [2.05, 4.69) is 10.6 Å². The van der Waals surface area contributed by atoms with Crippen molar-refractivity contribution in [2.75, 3.05) is 11.9 Å². The van der Waals surface area contributed by atoms with Crippen LogP contribution in [0, 0.1) is 6.92 Å². The Kier molecular flexibility index (Phi) is 7.37. The minimum atomic E-state index is -0.587. The van der Waals surface area contributed by atoms with Gasteiger partial charge in [-0.15, -0.1) is 0 Å². The Morgan fingerprint density at radius 2 is 1.81 bits per heavy atom. The molecule has 0 aliphatic rings. The van der Waals surface area contributed by atoms with E-state index in [0.29, 0.717) is 10.7 Å². The summed E-state index contributed by atoms with van der Waals surface area (Å²) in [4.78, 5) is 35.5. The lowest BCUT2D eigenvalue weighted by atomic mass is 10.0. The summed E-state index contributed by atoms with van der Waals surface area (Å²) >= 11 is 5.91. The normalized spacial score (nSPS) is 11.4. The van der Waals surface area contributed by atoms with Gasteiger partial charge in [-0.05, 0) is 30.2 Å². The summed E-state index contributed by atoms with van der Waals surface area (Å²) < 4.78 is 5.04. The first-order chi connectivity index (χ1) is 12.8. The number of esters is 1. The molecule has 0 radical (unpaired) electrons. The number of halogens is 1. The SMILES string of the molecule is CC(=O)N[C@H](CC(=O)OCC(=O)Nc1cc(Cl)ccc1C)c1ccccc1. The summed E-state index contributed by atoms with van der Waals surface area (Å²) in [5, 5.41) is 5.86. The molecule has 0 fully saturated rings. The highest BCUT2D eigenvalue weighted by Gasteiger charge is 2.19. The van der Waals surface area contributed by atoms with Gasteiger partial charge in [0.05, 0.1) is 12.5 Å². The number of benzene rings is 2. The molecule has 0 heterocycles. The molecule has 0 unspecified atom stereocenters. The van der Waals surface area contributed by atoms with Gasteiger partial charge in [-0.1, -0.05) is 48.0 Å². The van der Waals surface area contributed by atoms with E-state index in [1.807, 2.05) is 37.3 Å². The lowest BCUT2D eigenvalue weighted by Gasteiger charge is -2.17. The molecule has 6 nitrogen and oxygen atoms in total. The summed E-state index contributed by atoms with van der Waals surface area (Å²) in [6.45, 7) is 2.78. The van der Waals surface area contributed by atoms with Crippen LogP contribution in [0.25, 0.3) is 0 Å². The van der Waals surface area contributed by atoms with Crippen LogP contribution in [0.1, 0.15) is 30.5 Å². The Morgan fingerprint density at radius 3 is 2.48 bits per heavy atom. The third-order valence-corrected chi connectivity index (χ3v) is 4.02. The predicted molar refractivity (Wildman–Crippen MR) is 103 cm³/mol. The molecular formula is C20H21ClN2O4. The molecule has 0 aliphatic carbocycles. The van der Waals surface area contributed by atoms with Crippen molar-refractivity contribution in [1.29, 1.82) is 0 Å². The Balaban J connectivity index is 1.90. The van der Waals surface area contributed by atoms with Crippen LogP contribution >= 0.6 is 11.6 Å². The average Bonchev–Trinajstić information content (AvgIpc) is 2.63. The highest BCUT2D eigenvalue weighted by Crippen LogP contribution is 2.20. The van der Waals surface area contributed by atoms with Crippen LogP contribution in [0.2, 0.25) is 5.02 Å². The predicted octanol–water partition coefficient (Wildman–Crippen LogP) is 3.40. The van der Waals surface area contributed by atoms with Crippen molar-refractivity contribution in [1.82, 2.24) is 5.32 Å². The van der Waals surface area contributed by atoms with Crippen molar-refractivity contribution in [3.05, 3.63) is 64.7 Å². The van der Waals surface area contributed by atoms with E-state index in [-0.39, 0.29) is 12.3 Å². The van der Waals surface area contributed by atoms with Gasteiger partial charge >= 0.3 is 5.97 Å². The number of hydrogen-bond donors (Lipinski definition) is 2. The minimum Gasteiger partial charge on any atom is -0.455 e. The molecule has 0 aliphatic heterocycles. The number of carbonyl (C=O) groups excluding carboxylic acids is 3. The molecule has 2 aromatic rings. The molecule has 0 bridgehead atoms. The number of nitrogens with one attached hydrogen (secondary N) is 2. The molecule has 0 aromatic heterocycles. The first-order valence-electron chi connectivity index (χ1n) is 8.39. The van der Waals surface area contributed by atoms with Crippen LogP contribution in [-0.4, -0.2) is 24.4 Å². The lowest BCUT2D eigenvalue weighted by molar-refractivity contribution is -0.148. The topological polar surface area (TPSA) is 84.5 Å².